The van der Waals surface area contributed by atoms with Crippen LogP contribution in [0.25, 0.3) is 0 Å². The zero-order valence-corrected chi connectivity index (χ0v) is 8.08. The van der Waals surface area contributed by atoms with Crippen molar-refractivity contribution in [2.45, 2.75) is 6.42 Å². The summed E-state index contributed by atoms with van der Waals surface area (Å²) in [6.45, 7) is 0. The molecule has 3 N–H and O–H groups in total. The Hall–Kier alpha value is -2.44. The van der Waals surface area contributed by atoms with Gasteiger partial charge in [0, 0.05) is 5.56 Å². The normalized spacial score (nSPS) is 10.2. The second-order valence-electron chi connectivity index (χ2n) is 3.13. The number of rotatable bonds is 3. The highest BCUT2D eigenvalue weighted by Crippen LogP contribution is 2.25. The van der Waals surface area contributed by atoms with Gasteiger partial charge in [-0.25, -0.2) is 0 Å². The monoisotopic (exact) mass is 220 g/mol. The number of H-pyrrole nitrogens is 1. The first-order valence-electron chi connectivity index (χ1n) is 4.44. The Bertz CT molecular complexity index is 509. The molecule has 0 fully saturated rings. The number of nitrogens with zero attached hydrogens (tertiary/aromatic N) is 3. The van der Waals surface area contributed by atoms with Crippen LogP contribution in [0.2, 0.25) is 0 Å². The van der Waals surface area contributed by atoms with Gasteiger partial charge in [0.15, 0.2) is 23.1 Å². The summed E-state index contributed by atoms with van der Waals surface area (Å²) in [4.78, 5) is 11.7. The molecule has 2 aromatic rings. The van der Waals surface area contributed by atoms with Gasteiger partial charge in [0.05, 0.1) is 6.42 Å². The Labute approximate surface area is 89.7 Å². The van der Waals surface area contributed by atoms with Crippen LogP contribution in [0.1, 0.15) is 16.2 Å². The van der Waals surface area contributed by atoms with E-state index in [9.17, 15) is 9.90 Å². The molecule has 0 unspecified atom stereocenters. The second kappa shape index (κ2) is 3.97. The van der Waals surface area contributed by atoms with Crippen molar-refractivity contribution in [1.82, 2.24) is 20.6 Å². The summed E-state index contributed by atoms with van der Waals surface area (Å²) in [5.74, 6) is -0.593. The summed E-state index contributed by atoms with van der Waals surface area (Å²) in [5, 5.41) is 31.1. The molecule has 0 aliphatic rings. The molecule has 0 aliphatic heterocycles. The SMILES string of the molecule is O=C(Cc1nn[nH]n1)c1ccc(O)c(O)c1. The molecule has 1 aromatic carbocycles. The predicted molar refractivity (Wildman–Crippen MR) is 52.0 cm³/mol. The minimum Gasteiger partial charge on any atom is -0.504 e. The number of benzene rings is 1. The van der Waals surface area contributed by atoms with Crippen LogP contribution in [0.15, 0.2) is 18.2 Å². The highest BCUT2D eigenvalue weighted by molar-refractivity contribution is 5.97. The van der Waals surface area contributed by atoms with E-state index < -0.39 is 0 Å². The van der Waals surface area contributed by atoms with Crippen molar-refractivity contribution in [2.24, 2.45) is 0 Å². The Kier molecular flexibility index (Phi) is 2.50. The van der Waals surface area contributed by atoms with Gasteiger partial charge in [-0.05, 0) is 18.2 Å². The van der Waals surface area contributed by atoms with Crippen molar-refractivity contribution in [2.75, 3.05) is 0 Å². The average molecular weight is 220 g/mol. The molecular formula is C9H8N4O3. The van der Waals surface area contributed by atoms with Gasteiger partial charge in [0.1, 0.15) is 0 Å². The van der Waals surface area contributed by atoms with Crippen molar-refractivity contribution >= 4 is 5.78 Å². The molecule has 1 heterocycles. The summed E-state index contributed by atoms with van der Waals surface area (Å²) >= 11 is 0. The Balaban J connectivity index is 2.18. The highest BCUT2D eigenvalue weighted by atomic mass is 16.3. The van der Waals surface area contributed by atoms with E-state index in [4.69, 9.17) is 5.11 Å². The number of hydrogen-bond donors (Lipinski definition) is 3. The van der Waals surface area contributed by atoms with Crippen molar-refractivity contribution in [3.8, 4) is 11.5 Å². The van der Waals surface area contributed by atoms with Gasteiger partial charge in [-0.15, -0.1) is 10.2 Å². The van der Waals surface area contributed by atoms with Crippen LogP contribution in [-0.2, 0) is 6.42 Å². The van der Waals surface area contributed by atoms with E-state index in [2.05, 4.69) is 20.6 Å². The fraction of sp³-hybridized carbons (Fsp3) is 0.111. The number of nitrogens with one attached hydrogen (secondary N) is 1. The van der Waals surface area contributed by atoms with Crippen LogP contribution in [0.5, 0.6) is 11.5 Å². The van der Waals surface area contributed by atoms with Gasteiger partial charge in [-0.1, -0.05) is 5.21 Å². The van der Waals surface area contributed by atoms with Crippen LogP contribution in [0.3, 0.4) is 0 Å². The number of phenols is 2. The molecule has 0 saturated heterocycles. The number of tetrazole rings is 1. The number of carbonyl (C=O) groups is 1. The van der Waals surface area contributed by atoms with Gasteiger partial charge < -0.3 is 10.2 Å². The first-order chi connectivity index (χ1) is 7.66. The van der Waals surface area contributed by atoms with Crippen molar-refractivity contribution < 1.29 is 15.0 Å². The van der Waals surface area contributed by atoms with Crippen LogP contribution < -0.4 is 0 Å². The molecule has 0 spiro atoms. The summed E-state index contributed by atoms with van der Waals surface area (Å²) in [6.07, 6.45) is -0.0132. The summed E-state index contributed by atoms with van der Waals surface area (Å²) in [7, 11) is 0. The van der Waals surface area contributed by atoms with E-state index in [0.717, 1.165) is 0 Å². The smallest absolute Gasteiger partial charge is 0.182 e. The van der Waals surface area contributed by atoms with E-state index in [0.29, 0.717) is 0 Å². The number of aromatic amines is 1. The first kappa shape index (κ1) is 10.1. The molecule has 82 valence electrons. The lowest BCUT2D eigenvalue weighted by atomic mass is 10.1. The predicted octanol–water partition coefficient (Wildman–Crippen LogP) is 0.0363. The topological polar surface area (TPSA) is 112 Å². The number of ketones is 1. The molecule has 0 amide bonds. The molecule has 0 bridgehead atoms. The van der Waals surface area contributed by atoms with Gasteiger partial charge in [0.2, 0.25) is 0 Å². The zero-order chi connectivity index (χ0) is 11.5. The lowest BCUT2D eigenvalue weighted by Crippen LogP contribution is -2.04. The molecule has 16 heavy (non-hydrogen) atoms. The Morgan fingerprint density at radius 1 is 1.31 bits per heavy atom. The number of Topliss-reactive ketones (excluding diaryl/α,β-unsaturated/α-hetero) is 1. The lowest BCUT2D eigenvalue weighted by Gasteiger charge is -2.00. The maximum atomic E-state index is 11.7. The van der Waals surface area contributed by atoms with E-state index in [1.54, 1.807) is 0 Å². The Morgan fingerprint density at radius 2 is 2.12 bits per heavy atom. The van der Waals surface area contributed by atoms with Gasteiger partial charge in [-0.2, -0.15) is 5.21 Å². The van der Waals surface area contributed by atoms with E-state index in [-0.39, 0.29) is 35.1 Å². The first-order valence-corrected chi connectivity index (χ1v) is 4.44. The third-order valence-electron chi connectivity index (χ3n) is 2.01. The van der Waals surface area contributed by atoms with Gasteiger partial charge in [-0.3, -0.25) is 4.79 Å². The Morgan fingerprint density at radius 3 is 2.75 bits per heavy atom. The largest absolute Gasteiger partial charge is 0.504 e. The fourth-order valence-corrected chi connectivity index (χ4v) is 1.20. The van der Waals surface area contributed by atoms with E-state index >= 15 is 0 Å². The molecule has 0 radical (unpaired) electrons. The van der Waals surface area contributed by atoms with Crippen molar-refractivity contribution in [3.05, 3.63) is 29.6 Å². The zero-order valence-electron chi connectivity index (χ0n) is 8.08. The molecule has 0 aliphatic carbocycles. The third-order valence-corrected chi connectivity index (χ3v) is 2.01. The number of aromatic nitrogens is 4. The summed E-state index contributed by atoms with van der Waals surface area (Å²) in [6, 6.07) is 3.86. The minimum atomic E-state index is -0.334. The minimum absolute atomic E-state index is 0.0132. The number of aromatic hydroxyl groups is 2. The second-order valence-corrected chi connectivity index (χ2v) is 3.13. The summed E-state index contributed by atoms with van der Waals surface area (Å²) < 4.78 is 0. The average Bonchev–Trinajstić information content (AvgIpc) is 2.74. The molecule has 7 heteroatoms. The molecule has 2 rings (SSSR count). The van der Waals surface area contributed by atoms with Crippen molar-refractivity contribution in [1.29, 1.82) is 0 Å². The van der Waals surface area contributed by atoms with Gasteiger partial charge >= 0.3 is 0 Å². The summed E-state index contributed by atoms with van der Waals surface area (Å²) in [5.41, 5.74) is 0.278. The maximum Gasteiger partial charge on any atom is 0.182 e. The number of hydrogen-bond acceptors (Lipinski definition) is 6. The van der Waals surface area contributed by atoms with Crippen LogP contribution in [0, 0.1) is 0 Å². The number of phenolic OH excluding ortho intramolecular Hbond substituents is 2. The van der Waals surface area contributed by atoms with Crippen molar-refractivity contribution in [3.63, 3.8) is 0 Å². The fourth-order valence-electron chi connectivity index (χ4n) is 1.20. The van der Waals surface area contributed by atoms with E-state index in [1.165, 1.54) is 18.2 Å². The third kappa shape index (κ3) is 1.97. The number of carbonyl (C=O) groups excluding carboxylic acids is 1. The lowest BCUT2D eigenvalue weighted by molar-refractivity contribution is 0.0990. The standard InChI is InChI=1S/C9H8N4O3/c14-6-2-1-5(3-8(6)16)7(15)4-9-10-12-13-11-9/h1-3,14,16H,4H2,(H,10,11,12,13). The molecule has 7 nitrogen and oxygen atoms in total. The van der Waals surface area contributed by atoms with Crippen LogP contribution in [0.4, 0.5) is 0 Å². The van der Waals surface area contributed by atoms with Crippen LogP contribution >= 0.6 is 0 Å². The van der Waals surface area contributed by atoms with E-state index in [1.807, 2.05) is 0 Å². The molecule has 1 aromatic heterocycles. The van der Waals surface area contributed by atoms with Crippen LogP contribution in [-0.4, -0.2) is 36.6 Å². The van der Waals surface area contributed by atoms with Gasteiger partial charge in [0.25, 0.3) is 0 Å². The molecule has 0 saturated carbocycles. The highest BCUT2D eigenvalue weighted by Gasteiger charge is 2.11. The molecule has 0 atom stereocenters. The quantitative estimate of drug-likeness (QED) is 0.497. The molecular weight excluding hydrogens is 212 g/mol. The maximum absolute atomic E-state index is 11.7.